The lowest BCUT2D eigenvalue weighted by Crippen LogP contribution is -2.21. The number of benzene rings is 1. The Labute approximate surface area is 115 Å². The molecule has 0 aliphatic carbocycles. The van der Waals surface area contributed by atoms with Gasteiger partial charge >= 0.3 is 0 Å². The van der Waals surface area contributed by atoms with E-state index < -0.39 is 0 Å². The van der Waals surface area contributed by atoms with Crippen molar-refractivity contribution >= 4 is 33.0 Å². The van der Waals surface area contributed by atoms with Crippen LogP contribution in [-0.2, 0) is 11.9 Å². The Bertz CT molecular complexity index is 436. The first kappa shape index (κ1) is 12.7. The Kier molecular flexibility index (Phi) is 4.63. The summed E-state index contributed by atoms with van der Waals surface area (Å²) < 4.78 is 0. The molecule has 2 rings (SSSR count). The molecule has 0 saturated carbocycles. The van der Waals surface area contributed by atoms with Gasteiger partial charge in [-0.15, -0.1) is 11.3 Å². The molecule has 3 heteroatoms. The third kappa shape index (κ3) is 3.33. The summed E-state index contributed by atoms with van der Waals surface area (Å²) in [5.74, 6) is 0. The molecule has 0 N–H and O–H groups in total. The van der Waals surface area contributed by atoms with Crippen molar-refractivity contribution in [2.45, 2.75) is 18.8 Å². The average molecular weight is 310 g/mol. The van der Waals surface area contributed by atoms with Crippen molar-refractivity contribution in [3.05, 3.63) is 52.2 Å². The number of alkyl halides is 1. The van der Waals surface area contributed by atoms with E-state index in [0.29, 0.717) is 0 Å². The van der Waals surface area contributed by atoms with Crippen LogP contribution >= 0.6 is 27.3 Å². The van der Waals surface area contributed by atoms with E-state index in [1.807, 2.05) is 11.3 Å². The average Bonchev–Trinajstić information content (AvgIpc) is 2.89. The second-order valence-corrected chi connectivity index (χ2v) is 5.49. The Hall–Kier alpha value is -0.800. The van der Waals surface area contributed by atoms with Gasteiger partial charge in [-0.05, 0) is 36.1 Å². The minimum atomic E-state index is 0.921. The Morgan fingerprint density at radius 3 is 2.47 bits per heavy atom. The fourth-order valence-electron chi connectivity index (χ4n) is 1.77. The quantitative estimate of drug-likeness (QED) is 0.725. The molecule has 0 bridgehead atoms. The van der Waals surface area contributed by atoms with Crippen LogP contribution in [-0.4, -0.2) is 6.54 Å². The maximum absolute atomic E-state index is 3.47. The zero-order valence-corrected chi connectivity index (χ0v) is 12.3. The van der Waals surface area contributed by atoms with E-state index in [2.05, 4.69) is 69.5 Å². The number of anilines is 1. The lowest BCUT2D eigenvalue weighted by atomic mass is 10.2. The van der Waals surface area contributed by atoms with Gasteiger partial charge in [-0.3, -0.25) is 0 Å². The zero-order chi connectivity index (χ0) is 12.1. The van der Waals surface area contributed by atoms with Crippen LogP contribution < -0.4 is 4.90 Å². The number of halogens is 1. The lowest BCUT2D eigenvalue weighted by molar-refractivity contribution is 0.842. The van der Waals surface area contributed by atoms with Crippen molar-refractivity contribution in [3.8, 4) is 0 Å². The topological polar surface area (TPSA) is 3.24 Å². The zero-order valence-electron chi connectivity index (χ0n) is 9.90. The molecule has 1 aromatic heterocycles. The normalized spacial score (nSPS) is 10.5. The van der Waals surface area contributed by atoms with Crippen LogP contribution in [0.2, 0.25) is 0 Å². The number of thiophene rings is 1. The highest BCUT2D eigenvalue weighted by molar-refractivity contribution is 9.08. The molecule has 1 aromatic carbocycles. The SMILES string of the molecule is CCN(Cc1cccs1)c1ccc(CBr)cc1. The molecule has 0 fully saturated rings. The van der Waals surface area contributed by atoms with Crippen molar-refractivity contribution in [1.82, 2.24) is 0 Å². The Balaban J connectivity index is 2.11. The van der Waals surface area contributed by atoms with Crippen LogP contribution in [0.25, 0.3) is 0 Å². The van der Waals surface area contributed by atoms with Gasteiger partial charge in [0.15, 0.2) is 0 Å². The molecule has 0 aliphatic heterocycles. The number of hydrogen-bond donors (Lipinski definition) is 0. The summed E-state index contributed by atoms with van der Waals surface area (Å²) in [6.45, 7) is 4.24. The van der Waals surface area contributed by atoms with Crippen LogP contribution in [0.3, 0.4) is 0 Å². The van der Waals surface area contributed by atoms with Gasteiger partial charge in [0.1, 0.15) is 0 Å². The summed E-state index contributed by atoms with van der Waals surface area (Å²) in [7, 11) is 0. The van der Waals surface area contributed by atoms with E-state index in [0.717, 1.165) is 18.4 Å². The monoisotopic (exact) mass is 309 g/mol. The third-order valence-corrected chi connectivity index (χ3v) is 4.27. The summed E-state index contributed by atoms with van der Waals surface area (Å²) in [6, 6.07) is 13.1. The van der Waals surface area contributed by atoms with E-state index >= 15 is 0 Å². The van der Waals surface area contributed by atoms with Gasteiger partial charge in [-0.25, -0.2) is 0 Å². The standard InChI is InChI=1S/C14H16BrNS/c1-2-16(11-14-4-3-9-17-14)13-7-5-12(10-15)6-8-13/h3-9H,2,10-11H2,1H3. The molecule has 0 amide bonds. The van der Waals surface area contributed by atoms with Gasteiger partial charge in [0.05, 0.1) is 6.54 Å². The molecule has 1 heterocycles. The van der Waals surface area contributed by atoms with Crippen molar-refractivity contribution in [1.29, 1.82) is 0 Å². The van der Waals surface area contributed by atoms with Crippen LogP contribution in [0.5, 0.6) is 0 Å². The highest BCUT2D eigenvalue weighted by Gasteiger charge is 2.05. The second kappa shape index (κ2) is 6.22. The van der Waals surface area contributed by atoms with Crippen molar-refractivity contribution in [2.75, 3.05) is 11.4 Å². The van der Waals surface area contributed by atoms with Crippen LogP contribution in [0, 0.1) is 0 Å². The predicted molar refractivity (Wildman–Crippen MR) is 80.1 cm³/mol. The smallest absolute Gasteiger partial charge is 0.0522 e. The molecule has 0 spiro atoms. The first-order valence-electron chi connectivity index (χ1n) is 5.75. The highest BCUT2D eigenvalue weighted by Crippen LogP contribution is 2.20. The van der Waals surface area contributed by atoms with Gasteiger partial charge in [0.25, 0.3) is 0 Å². The van der Waals surface area contributed by atoms with Gasteiger partial charge < -0.3 is 4.90 Å². The van der Waals surface area contributed by atoms with Gasteiger partial charge in [0.2, 0.25) is 0 Å². The summed E-state index contributed by atoms with van der Waals surface area (Å²) in [4.78, 5) is 3.81. The van der Waals surface area contributed by atoms with Gasteiger partial charge in [0, 0.05) is 22.4 Å². The molecule has 0 aliphatic rings. The fourth-order valence-corrected chi connectivity index (χ4v) is 2.87. The fraction of sp³-hybridized carbons (Fsp3) is 0.286. The second-order valence-electron chi connectivity index (χ2n) is 3.89. The highest BCUT2D eigenvalue weighted by atomic mass is 79.9. The van der Waals surface area contributed by atoms with Crippen molar-refractivity contribution < 1.29 is 0 Å². The maximum atomic E-state index is 3.47. The van der Waals surface area contributed by atoms with Crippen molar-refractivity contribution in [3.63, 3.8) is 0 Å². The molecule has 2 aromatic rings. The molecule has 90 valence electrons. The van der Waals surface area contributed by atoms with E-state index in [1.165, 1.54) is 16.1 Å². The largest absolute Gasteiger partial charge is 0.367 e. The van der Waals surface area contributed by atoms with E-state index in [-0.39, 0.29) is 0 Å². The summed E-state index contributed by atoms with van der Waals surface area (Å²) in [6.07, 6.45) is 0. The summed E-state index contributed by atoms with van der Waals surface area (Å²) >= 11 is 5.29. The number of hydrogen-bond acceptors (Lipinski definition) is 2. The predicted octanol–water partition coefficient (Wildman–Crippen LogP) is 4.67. The summed E-state index contributed by atoms with van der Waals surface area (Å²) in [5.41, 5.74) is 2.62. The minimum Gasteiger partial charge on any atom is -0.367 e. The molecule has 1 nitrogen and oxygen atoms in total. The molecule has 0 unspecified atom stereocenters. The molecule has 17 heavy (non-hydrogen) atoms. The van der Waals surface area contributed by atoms with E-state index in [9.17, 15) is 0 Å². The molecular weight excluding hydrogens is 294 g/mol. The lowest BCUT2D eigenvalue weighted by Gasteiger charge is -2.22. The van der Waals surface area contributed by atoms with Crippen molar-refractivity contribution in [2.24, 2.45) is 0 Å². The summed E-state index contributed by atoms with van der Waals surface area (Å²) in [5, 5.41) is 3.06. The van der Waals surface area contributed by atoms with Crippen LogP contribution in [0.4, 0.5) is 5.69 Å². The van der Waals surface area contributed by atoms with Gasteiger partial charge in [-0.2, -0.15) is 0 Å². The minimum absolute atomic E-state index is 0.921. The Morgan fingerprint density at radius 2 is 1.94 bits per heavy atom. The number of nitrogens with zero attached hydrogens (tertiary/aromatic N) is 1. The van der Waals surface area contributed by atoms with Gasteiger partial charge in [-0.1, -0.05) is 34.1 Å². The first-order valence-corrected chi connectivity index (χ1v) is 7.76. The van der Waals surface area contributed by atoms with Crippen LogP contribution in [0.15, 0.2) is 41.8 Å². The molecule has 0 saturated heterocycles. The first-order chi connectivity index (χ1) is 8.33. The molecular formula is C14H16BrNS. The van der Waals surface area contributed by atoms with E-state index in [4.69, 9.17) is 0 Å². The maximum Gasteiger partial charge on any atom is 0.0522 e. The molecule has 0 radical (unpaired) electrons. The number of rotatable bonds is 5. The van der Waals surface area contributed by atoms with Crippen LogP contribution in [0.1, 0.15) is 17.4 Å². The third-order valence-electron chi connectivity index (χ3n) is 2.76. The molecule has 0 atom stereocenters. The van der Waals surface area contributed by atoms with E-state index in [1.54, 1.807) is 0 Å². The Morgan fingerprint density at radius 1 is 1.18 bits per heavy atom.